The third-order valence-corrected chi connectivity index (χ3v) is 8.95. The van der Waals surface area contributed by atoms with E-state index >= 15 is 0 Å². The lowest BCUT2D eigenvalue weighted by molar-refractivity contribution is 0.180. The molecule has 6 rings (SSSR count). The van der Waals surface area contributed by atoms with Crippen molar-refractivity contribution in [3.63, 3.8) is 0 Å². The first kappa shape index (κ1) is 27.6. The molecule has 1 saturated heterocycles. The number of fused-ring (bicyclic) bond motifs is 2. The molecule has 1 N–H and O–H groups in total. The largest absolute Gasteiger partial charge is 0.334 e. The van der Waals surface area contributed by atoms with Gasteiger partial charge in [0.15, 0.2) is 0 Å². The number of urea groups is 1. The number of benzene rings is 2. The van der Waals surface area contributed by atoms with Gasteiger partial charge in [0.05, 0.1) is 16.6 Å². The van der Waals surface area contributed by atoms with Crippen LogP contribution in [-0.2, 0) is 12.0 Å². The minimum absolute atomic E-state index is 0.133. The second kappa shape index (κ2) is 11.8. The van der Waals surface area contributed by atoms with Gasteiger partial charge < -0.3 is 5.32 Å². The summed E-state index contributed by atoms with van der Waals surface area (Å²) in [5, 5.41) is 4.08. The number of amides is 2. The maximum absolute atomic E-state index is 13.6. The van der Waals surface area contributed by atoms with Gasteiger partial charge in [0.2, 0.25) is 5.95 Å². The number of hydrogen-bond donors (Lipinski definition) is 1. The summed E-state index contributed by atoms with van der Waals surface area (Å²) in [6.45, 7) is 4.22. The molecule has 0 bridgehead atoms. The van der Waals surface area contributed by atoms with Crippen LogP contribution in [-0.4, -0.2) is 54.9 Å². The predicted molar refractivity (Wildman–Crippen MR) is 164 cm³/mol. The molecule has 1 spiro atoms. The van der Waals surface area contributed by atoms with Crippen molar-refractivity contribution < 1.29 is 9.18 Å². The lowest BCUT2D eigenvalue weighted by atomic mass is 9.73. The number of pyridine rings is 1. The highest BCUT2D eigenvalue weighted by Gasteiger charge is 2.46. The molecule has 0 saturated carbocycles. The van der Waals surface area contributed by atoms with E-state index in [4.69, 9.17) is 23.2 Å². The van der Waals surface area contributed by atoms with Crippen molar-refractivity contribution >= 4 is 52.8 Å². The van der Waals surface area contributed by atoms with E-state index in [0.717, 1.165) is 54.9 Å². The normalized spacial score (nSPS) is 17.8. The van der Waals surface area contributed by atoms with Crippen LogP contribution < -0.4 is 10.2 Å². The van der Waals surface area contributed by atoms with Gasteiger partial charge in [-0.1, -0.05) is 53.6 Å². The maximum atomic E-state index is 13.6. The van der Waals surface area contributed by atoms with Crippen molar-refractivity contribution in [3.05, 3.63) is 105 Å². The molecule has 2 amide bonds. The molecule has 6 nitrogen and oxygen atoms in total. The van der Waals surface area contributed by atoms with Crippen LogP contribution in [0.15, 0.2) is 71.9 Å². The van der Waals surface area contributed by atoms with E-state index in [2.05, 4.69) is 56.6 Å². The number of aromatic nitrogens is 1. The summed E-state index contributed by atoms with van der Waals surface area (Å²) < 4.78 is 13.6. The fraction of sp³-hybridized carbons (Fsp3) is 0.281. The highest BCUT2D eigenvalue weighted by atomic mass is 35.5. The van der Waals surface area contributed by atoms with E-state index in [1.807, 2.05) is 29.3 Å². The van der Waals surface area contributed by atoms with Crippen molar-refractivity contribution in [2.45, 2.75) is 24.8 Å². The molecule has 210 valence electrons. The van der Waals surface area contributed by atoms with Gasteiger partial charge in [0, 0.05) is 43.1 Å². The van der Waals surface area contributed by atoms with Crippen molar-refractivity contribution in [1.29, 1.82) is 0 Å². The summed E-state index contributed by atoms with van der Waals surface area (Å²) in [5.41, 5.74) is 5.96. The Balaban J connectivity index is 1.18. The Morgan fingerprint density at radius 3 is 2.68 bits per heavy atom. The zero-order chi connectivity index (χ0) is 28.4. The Labute approximate surface area is 249 Å². The number of piperidine rings is 1. The van der Waals surface area contributed by atoms with Crippen LogP contribution in [0.4, 0.5) is 14.9 Å². The first-order valence-electron chi connectivity index (χ1n) is 13.7. The summed E-state index contributed by atoms with van der Waals surface area (Å²) in [7, 11) is 0. The number of allylic oxidation sites excluding steroid dienone is 1. The second-order valence-corrected chi connectivity index (χ2v) is 11.6. The molecule has 4 heterocycles. The highest BCUT2D eigenvalue weighted by Crippen LogP contribution is 2.48. The molecule has 3 aliphatic heterocycles. The fourth-order valence-electron chi connectivity index (χ4n) is 5.95. The zero-order valence-corrected chi connectivity index (χ0v) is 24.0. The van der Waals surface area contributed by atoms with Crippen LogP contribution in [0.2, 0.25) is 10.0 Å². The summed E-state index contributed by atoms with van der Waals surface area (Å²) >= 11 is 12.2. The quantitative estimate of drug-likeness (QED) is 0.323. The van der Waals surface area contributed by atoms with Crippen molar-refractivity contribution in [1.82, 2.24) is 15.2 Å². The van der Waals surface area contributed by atoms with E-state index in [0.29, 0.717) is 28.7 Å². The molecule has 1 fully saturated rings. The van der Waals surface area contributed by atoms with Crippen LogP contribution in [0.1, 0.15) is 35.1 Å². The lowest BCUT2D eigenvalue weighted by Gasteiger charge is -2.39. The second-order valence-electron chi connectivity index (χ2n) is 10.8. The molecule has 0 atom stereocenters. The van der Waals surface area contributed by atoms with Crippen LogP contribution in [0.5, 0.6) is 0 Å². The van der Waals surface area contributed by atoms with Crippen molar-refractivity contribution in [2.24, 2.45) is 4.99 Å². The number of carbonyl (C=O) groups is 1. The summed E-state index contributed by atoms with van der Waals surface area (Å²) in [4.78, 5) is 25.7. The SMILES string of the molecule is O=C(NCc1ccnc(F)c1)N1CC2(CCN(C/C=C/c3ccc(Cl)c(Cl)c3)CC2)c2cc(C3=CCN=C3)ccc21. The molecule has 1 aromatic heterocycles. The molecule has 0 aliphatic carbocycles. The Morgan fingerprint density at radius 1 is 1.07 bits per heavy atom. The third kappa shape index (κ3) is 5.94. The van der Waals surface area contributed by atoms with Gasteiger partial charge in [-0.15, -0.1) is 0 Å². The molecule has 3 aromatic rings. The Hall–Kier alpha value is -3.52. The van der Waals surface area contributed by atoms with Gasteiger partial charge in [0.1, 0.15) is 0 Å². The first-order chi connectivity index (χ1) is 19.9. The number of carbonyl (C=O) groups excluding carboxylic acids is 1. The number of hydrogen-bond acceptors (Lipinski definition) is 4. The van der Waals surface area contributed by atoms with E-state index in [-0.39, 0.29) is 18.0 Å². The smallest absolute Gasteiger partial charge is 0.322 e. The van der Waals surface area contributed by atoms with Crippen molar-refractivity contribution in [2.75, 3.05) is 37.6 Å². The third-order valence-electron chi connectivity index (χ3n) is 8.21. The molecule has 2 aromatic carbocycles. The topological polar surface area (TPSA) is 60.8 Å². The standard InChI is InChI=1S/C32H30Cl2FN5O/c33-27-5-3-22(16-28(27)34)2-1-13-39-14-9-32(10-15-39)21-40(31(41)38-19-23-7-12-37-30(35)17-23)29-6-4-24(18-26(29)32)25-8-11-36-20-25/h1-8,12,16-18,20H,9-11,13-15,19,21H2,(H,38,41)/b2-1+. The van der Waals surface area contributed by atoms with E-state index in [9.17, 15) is 9.18 Å². The predicted octanol–water partition coefficient (Wildman–Crippen LogP) is 6.77. The average Bonchev–Trinajstić information content (AvgIpc) is 3.62. The Kier molecular flexibility index (Phi) is 7.93. The highest BCUT2D eigenvalue weighted by molar-refractivity contribution is 6.42. The van der Waals surface area contributed by atoms with Gasteiger partial charge in [-0.2, -0.15) is 4.39 Å². The number of halogens is 3. The maximum Gasteiger partial charge on any atom is 0.322 e. The van der Waals surface area contributed by atoms with Crippen LogP contribution in [0.3, 0.4) is 0 Å². The Bertz CT molecular complexity index is 1560. The molecular formula is C32H30Cl2FN5O. The minimum atomic E-state index is -0.557. The molecule has 41 heavy (non-hydrogen) atoms. The van der Waals surface area contributed by atoms with Gasteiger partial charge in [-0.3, -0.25) is 14.8 Å². The molecular weight excluding hydrogens is 560 g/mol. The number of likely N-dealkylation sites (tertiary alicyclic amines) is 1. The van der Waals surface area contributed by atoms with Crippen LogP contribution in [0.25, 0.3) is 11.6 Å². The molecule has 9 heteroatoms. The summed E-state index contributed by atoms with van der Waals surface area (Å²) in [6.07, 6.45) is 11.6. The van der Waals surface area contributed by atoms with Gasteiger partial charge in [0.25, 0.3) is 0 Å². The minimum Gasteiger partial charge on any atom is -0.334 e. The van der Waals surface area contributed by atoms with Gasteiger partial charge in [-0.05, 0) is 90.2 Å². The first-order valence-corrected chi connectivity index (χ1v) is 14.5. The lowest BCUT2D eigenvalue weighted by Crippen LogP contribution is -2.47. The van der Waals surface area contributed by atoms with Crippen molar-refractivity contribution in [3.8, 4) is 0 Å². The number of nitrogens with one attached hydrogen (secondary N) is 1. The van der Waals surface area contributed by atoms with E-state index in [1.54, 1.807) is 6.07 Å². The molecule has 0 radical (unpaired) electrons. The van der Waals surface area contributed by atoms with Crippen LogP contribution in [0, 0.1) is 5.95 Å². The molecule has 3 aliphatic rings. The van der Waals surface area contributed by atoms with Gasteiger partial charge in [-0.25, -0.2) is 9.78 Å². The number of nitrogens with zero attached hydrogens (tertiary/aromatic N) is 4. The average molecular weight is 591 g/mol. The van der Waals surface area contributed by atoms with E-state index in [1.165, 1.54) is 17.8 Å². The number of anilines is 1. The summed E-state index contributed by atoms with van der Waals surface area (Å²) in [6, 6.07) is 14.9. The number of rotatable bonds is 6. The molecule has 0 unspecified atom stereocenters. The number of aliphatic imine (C=N–C) groups is 1. The van der Waals surface area contributed by atoms with Crippen LogP contribution >= 0.6 is 23.2 Å². The zero-order valence-electron chi connectivity index (χ0n) is 22.5. The Morgan fingerprint density at radius 2 is 1.93 bits per heavy atom. The van der Waals surface area contributed by atoms with Gasteiger partial charge >= 0.3 is 6.03 Å². The van der Waals surface area contributed by atoms with E-state index < -0.39 is 5.95 Å². The fourth-order valence-corrected chi connectivity index (χ4v) is 6.25. The summed E-state index contributed by atoms with van der Waals surface area (Å²) in [5.74, 6) is -0.557. The monoisotopic (exact) mass is 589 g/mol.